The van der Waals surface area contributed by atoms with Gasteiger partial charge in [-0.1, -0.05) is 65.8 Å². The van der Waals surface area contributed by atoms with Gasteiger partial charge in [0.05, 0.1) is 5.69 Å². The summed E-state index contributed by atoms with van der Waals surface area (Å²) in [6.07, 6.45) is 2.17. The smallest absolute Gasteiger partial charge is 0.154 e. The highest BCUT2D eigenvalue weighted by atomic mass is 16.5. The molecule has 3 nitrogen and oxygen atoms in total. The second-order valence-electron chi connectivity index (χ2n) is 9.43. The fraction of sp³-hybridized carbons (Fsp3) is 0.357. The Morgan fingerprint density at radius 1 is 0.613 bits per heavy atom. The Morgan fingerprint density at radius 2 is 1.03 bits per heavy atom. The lowest BCUT2D eigenvalue weighted by molar-refractivity contribution is 0.459. The van der Waals surface area contributed by atoms with Gasteiger partial charge in [0.15, 0.2) is 5.75 Å². The molecule has 0 fully saturated rings. The summed E-state index contributed by atoms with van der Waals surface area (Å²) < 4.78 is 12.1. The number of nitrogen functional groups attached to an aromatic ring is 1. The Hall–Kier alpha value is -2.94. The first kappa shape index (κ1) is 22.7. The third kappa shape index (κ3) is 5.41. The van der Waals surface area contributed by atoms with Crippen LogP contribution in [0.4, 0.5) is 5.69 Å². The molecule has 31 heavy (non-hydrogen) atoms. The van der Waals surface area contributed by atoms with Crippen molar-refractivity contribution in [3.63, 3.8) is 0 Å². The number of nitrogens with two attached hydrogens (primary N) is 1. The van der Waals surface area contributed by atoms with Crippen LogP contribution in [0.3, 0.4) is 0 Å². The number of anilines is 1. The number of ether oxygens (including phenoxy) is 2. The minimum Gasteiger partial charge on any atom is -0.457 e. The van der Waals surface area contributed by atoms with Crippen molar-refractivity contribution in [3.8, 4) is 23.0 Å². The molecule has 0 atom stereocenters. The fourth-order valence-corrected chi connectivity index (χ4v) is 3.29. The maximum absolute atomic E-state index is 6.15. The highest BCUT2D eigenvalue weighted by Gasteiger charge is 2.19. The highest BCUT2D eigenvalue weighted by molar-refractivity contribution is 5.57. The molecule has 0 saturated carbocycles. The number of rotatable bonds is 8. The van der Waals surface area contributed by atoms with Crippen LogP contribution in [0.1, 0.15) is 65.5 Å². The van der Waals surface area contributed by atoms with Gasteiger partial charge < -0.3 is 15.2 Å². The summed E-state index contributed by atoms with van der Waals surface area (Å²) in [4.78, 5) is 0. The lowest BCUT2D eigenvalue weighted by Gasteiger charge is -2.23. The number of benzene rings is 3. The van der Waals surface area contributed by atoms with Crippen LogP contribution in [0.5, 0.6) is 23.0 Å². The van der Waals surface area contributed by atoms with Crippen LogP contribution in [-0.4, -0.2) is 0 Å². The SMILES string of the molecule is CCC(C)(C)c1ccc(Oc2ccc(N)c(Oc3ccc(C(C)(C)CC)cc3)c2)cc1. The van der Waals surface area contributed by atoms with Crippen LogP contribution >= 0.6 is 0 Å². The molecule has 0 amide bonds. The van der Waals surface area contributed by atoms with Crippen molar-refractivity contribution in [2.75, 3.05) is 5.73 Å². The monoisotopic (exact) mass is 417 g/mol. The van der Waals surface area contributed by atoms with E-state index in [9.17, 15) is 0 Å². The zero-order valence-electron chi connectivity index (χ0n) is 19.7. The third-order valence-electron chi connectivity index (χ3n) is 6.49. The Bertz CT molecular complexity index is 1000. The second kappa shape index (κ2) is 9.05. The molecule has 0 unspecified atom stereocenters. The minimum atomic E-state index is 0.146. The topological polar surface area (TPSA) is 44.5 Å². The van der Waals surface area contributed by atoms with Gasteiger partial charge in [-0.25, -0.2) is 0 Å². The molecule has 3 heteroatoms. The van der Waals surface area contributed by atoms with Crippen molar-refractivity contribution in [3.05, 3.63) is 77.9 Å². The molecule has 0 saturated heterocycles. The summed E-state index contributed by atoms with van der Waals surface area (Å²) in [6.45, 7) is 13.4. The van der Waals surface area contributed by atoms with E-state index in [-0.39, 0.29) is 10.8 Å². The van der Waals surface area contributed by atoms with Gasteiger partial charge in [-0.05, 0) is 71.2 Å². The Balaban J connectivity index is 1.75. The summed E-state index contributed by atoms with van der Waals surface area (Å²) >= 11 is 0. The quantitative estimate of drug-likeness (QED) is 0.375. The average Bonchev–Trinajstić information content (AvgIpc) is 2.77. The Labute approximate surface area is 187 Å². The standard InChI is InChI=1S/C28H35NO2/c1-7-27(3,4)20-9-13-22(14-10-20)30-24-17-18-25(29)26(19-24)31-23-15-11-21(12-16-23)28(5,6)8-2/h9-19H,7-8,29H2,1-6H3. The van der Waals surface area contributed by atoms with E-state index in [0.717, 1.165) is 24.3 Å². The molecule has 0 aliphatic carbocycles. The van der Waals surface area contributed by atoms with Crippen LogP contribution in [0.15, 0.2) is 66.7 Å². The van der Waals surface area contributed by atoms with E-state index in [2.05, 4.69) is 65.8 Å². The van der Waals surface area contributed by atoms with Gasteiger partial charge in [0.2, 0.25) is 0 Å². The van der Waals surface area contributed by atoms with E-state index in [1.165, 1.54) is 11.1 Å². The van der Waals surface area contributed by atoms with Crippen molar-refractivity contribution >= 4 is 5.69 Å². The first-order chi connectivity index (χ1) is 14.6. The van der Waals surface area contributed by atoms with Crippen LogP contribution in [0, 0.1) is 0 Å². The molecule has 164 valence electrons. The molecule has 3 aromatic carbocycles. The third-order valence-corrected chi connectivity index (χ3v) is 6.49. The predicted molar refractivity (Wildman–Crippen MR) is 131 cm³/mol. The predicted octanol–water partition coefficient (Wildman–Crippen LogP) is 8.23. The molecule has 3 aromatic rings. The van der Waals surface area contributed by atoms with Gasteiger partial charge in [-0.15, -0.1) is 0 Å². The largest absolute Gasteiger partial charge is 0.457 e. The van der Waals surface area contributed by atoms with Gasteiger partial charge in [-0.2, -0.15) is 0 Å². The molecule has 2 N–H and O–H groups in total. The molecule has 0 bridgehead atoms. The van der Waals surface area contributed by atoms with Gasteiger partial charge >= 0.3 is 0 Å². The molecular weight excluding hydrogens is 382 g/mol. The lowest BCUT2D eigenvalue weighted by atomic mass is 9.82. The van der Waals surface area contributed by atoms with Crippen molar-refractivity contribution < 1.29 is 9.47 Å². The molecule has 0 aliphatic rings. The lowest BCUT2D eigenvalue weighted by Crippen LogP contribution is -2.14. The van der Waals surface area contributed by atoms with Crippen molar-refractivity contribution in [1.29, 1.82) is 0 Å². The van der Waals surface area contributed by atoms with Crippen LogP contribution in [0.2, 0.25) is 0 Å². The first-order valence-corrected chi connectivity index (χ1v) is 11.1. The van der Waals surface area contributed by atoms with E-state index in [1.807, 2.05) is 42.5 Å². The van der Waals surface area contributed by atoms with Crippen molar-refractivity contribution in [2.24, 2.45) is 0 Å². The van der Waals surface area contributed by atoms with Gasteiger partial charge in [-0.3, -0.25) is 0 Å². The van der Waals surface area contributed by atoms with E-state index in [1.54, 1.807) is 0 Å². The first-order valence-electron chi connectivity index (χ1n) is 11.1. The minimum absolute atomic E-state index is 0.146. The normalized spacial score (nSPS) is 11.9. The molecule has 0 aromatic heterocycles. The van der Waals surface area contributed by atoms with Gasteiger partial charge in [0.1, 0.15) is 17.2 Å². The molecule has 0 aliphatic heterocycles. The molecule has 0 heterocycles. The average molecular weight is 418 g/mol. The van der Waals surface area contributed by atoms with Gasteiger partial charge in [0.25, 0.3) is 0 Å². The number of hydrogen-bond acceptors (Lipinski definition) is 3. The van der Waals surface area contributed by atoms with E-state index >= 15 is 0 Å². The molecule has 0 spiro atoms. The Morgan fingerprint density at radius 3 is 1.48 bits per heavy atom. The van der Waals surface area contributed by atoms with Crippen LogP contribution in [0.25, 0.3) is 0 Å². The zero-order chi connectivity index (χ0) is 22.6. The summed E-state index contributed by atoms with van der Waals surface area (Å²) in [7, 11) is 0. The van der Waals surface area contributed by atoms with E-state index in [4.69, 9.17) is 15.2 Å². The molecule has 0 radical (unpaired) electrons. The van der Waals surface area contributed by atoms with Gasteiger partial charge in [0, 0.05) is 6.07 Å². The van der Waals surface area contributed by atoms with E-state index < -0.39 is 0 Å². The zero-order valence-corrected chi connectivity index (χ0v) is 19.7. The molecular formula is C28H35NO2. The van der Waals surface area contributed by atoms with E-state index in [0.29, 0.717) is 17.2 Å². The van der Waals surface area contributed by atoms with Crippen LogP contribution < -0.4 is 15.2 Å². The maximum atomic E-state index is 6.15. The summed E-state index contributed by atoms with van der Waals surface area (Å²) in [5.74, 6) is 2.82. The van der Waals surface area contributed by atoms with Crippen LogP contribution in [-0.2, 0) is 10.8 Å². The fourth-order valence-electron chi connectivity index (χ4n) is 3.29. The molecule has 3 rings (SSSR count). The Kier molecular flexibility index (Phi) is 6.64. The summed E-state index contributed by atoms with van der Waals surface area (Å²) in [5, 5.41) is 0. The second-order valence-corrected chi connectivity index (χ2v) is 9.43. The van der Waals surface area contributed by atoms with Crippen molar-refractivity contribution in [2.45, 2.75) is 65.2 Å². The number of hydrogen-bond donors (Lipinski definition) is 1. The summed E-state index contributed by atoms with van der Waals surface area (Å²) in [5.41, 5.74) is 9.63. The maximum Gasteiger partial charge on any atom is 0.154 e. The van der Waals surface area contributed by atoms with Crippen molar-refractivity contribution in [1.82, 2.24) is 0 Å². The highest BCUT2D eigenvalue weighted by Crippen LogP contribution is 2.35. The summed E-state index contributed by atoms with van der Waals surface area (Å²) in [6, 6.07) is 22.0.